The van der Waals surface area contributed by atoms with Crippen LogP contribution >= 0.6 is 0 Å². The molecule has 0 radical (unpaired) electrons. The summed E-state index contributed by atoms with van der Waals surface area (Å²) in [6, 6.07) is 12.3. The number of amides is 3. The van der Waals surface area contributed by atoms with Crippen LogP contribution in [0.2, 0.25) is 0 Å². The Morgan fingerprint density at radius 1 is 1.22 bits per heavy atom. The Bertz CT molecular complexity index is 1170. The molecule has 1 saturated heterocycles. The number of benzene rings is 2. The first-order chi connectivity index (χ1) is 15.5. The zero-order valence-electron chi connectivity index (χ0n) is 18.1. The minimum atomic E-state index is -0.752. The zero-order chi connectivity index (χ0) is 22.7. The summed E-state index contributed by atoms with van der Waals surface area (Å²) >= 11 is 0. The van der Waals surface area contributed by atoms with Crippen LogP contribution in [0.4, 0.5) is 11.4 Å². The molecule has 2 aromatic carbocycles. The molecule has 1 aromatic heterocycles. The third-order valence-corrected chi connectivity index (χ3v) is 5.60. The highest BCUT2D eigenvalue weighted by Crippen LogP contribution is 2.34. The van der Waals surface area contributed by atoms with Crippen molar-refractivity contribution in [2.45, 2.75) is 32.2 Å². The van der Waals surface area contributed by atoms with Crippen molar-refractivity contribution in [1.29, 1.82) is 0 Å². The summed E-state index contributed by atoms with van der Waals surface area (Å²) in [6.45, 7) is 2.04. The van der Waals surface area contributed by atoms with Gasteiger partial charge in [0.25, 0.3) is 0 Å². The Kier molecular flexibility index (Phi) is 6.11. The fraction of sp³-hybridized carbons (Fsp3) is 0.292. The Hall–Kier alpha value is -3.81. The van der Waals surface area contributed by atoms with Crippen molar-refractivity contribution < 1.29 is 19.1 Å². The predicted octanol–water partition coefficient (Wildman–Crippen LogP) is 2.99. The lowest BCUT2D eigenvalue weighted by atomic mass is 10.0. The maximum absolute atomic E-state index is 13.1. The minimum absolute atomic E-state index is 0.0598. The quantitative estimate of drug-likeness (QED) is 0.532. The number of ether oxygens (including phenoxy) is 1. The van der Waals surface area contributed by atoms with E-state index in [9.17, 15) is 14.4 Å². The third kappa shape index (κ3) is 4.44. The number of rotatable bonds is 7. The molecule has 32 heavy (non-hydrogen) atoms. The van der Waals surface area contributed by atoms with Gasteiger partial charge in [0.1, 0.15) is 11.8 Å². The highest BCUT2D eigenvalue weighted by Gasteiger charge is 2.26. The lowest BCUT2D eigenvalue weighted by Gasteiger charge is -2.21. The molecule has 1 atom stereocenters. The number of para-hydroxylation sites is 1. The third-order valence-electron chi connectivity index (χ3n) is 5.60. The van der Waals surface area contributed by atoms with Crippen molar-refractivity contribution in [3.8, 4) is 5.75 Å². The molecule has 3 N–H and O–H groups in total. The monoisotopic (exact) mass is 434 g/mol. The second-order valence-electron chi connectivity index (χ2n) is 7.84. The van der Waals surface area contributed by atoms with Gasteiger partial charge in [-0.3, -0.25) is 14.4 Å². The Labute approximate surface area is 185 Å². The van der Waals surface area contributed by atoms with Gasteiger partial charge in [0.2, 0.25) is 17.7 Å². The van der Waals surface area contributed by atoms with Crippen LogP contribution in [0.25, 0.3) is 10.9 Å². The number of carbonyl (C=O) groups excluding carboxylic acids is 3. The van der Waals surface area contributed by atoms with Crippen molar-refractivity contribution in [3.05, 3.63) is 54.2 Å². The molecule has 0 spiro atoms. The fourth-order valence-electron chi connectivity index (χ4n) is 4.09. The molecule has 8 heteroatoms. The van der Waals surface area contributed by atoms with E-state index in [0.29, 0.717) is 36.5 Å². The van der Waals surface area contributed by atoms with Crippen LogP contribution in [0.3, 0.4) is 0 Å². The molecule has 0 unspecified atom stereocenters. The summed E-state index contributed by atoms with van der Waals surface area (Å²) in [4.78, 5) is 41.8. The highest BCUT2D eigenvalue weighted by molar-refractivity contribution is 6.00. The summed E-state index contributed by atoms with van der Waals surface area (Å²) in [6.07, 6.45) is 3.53. The van der Waals surface area contributed by atoms with E-state index < -0.39 is 6.04 Å². The summed E-state index contributed by atoms with van der Waals surface area (Å²) in [5.74, 6) is -0.0571. The van der Waals surface area contributed by atoms with E-state index in [4.69, 9.17) is 4.74 Å². The highest BCUT2D eigenvalue weighted by atomic mass is 16.5. The molecule has 3 aromatic rings. The Morgan fingerprint density at radius 3 is 2.75 bits per heavy atom. The van der Waals surface area contributed by atoms with Gasteiger partial charge in [-0.05, 0) is 30.2 Å². The zero-order valence-corrected chi connectivity index (χ0v) is 18.1. The molecule has 2 heterocycles. The number of nitrogens with zero attached hydrogens (tertiary/aromatic N) is 1. The van der Waals surface area contributed by atoms with Crippen LogP contribution in [-0.2, 0) is 20.8 Å². The molecule has 8 nitrogen and oxygen atoms in total. The predicted molar refractivity (Wildman–Crippen MR) is 123 cm³/mol. The standard InChI is InChI=1S/C24H26N4O4/c1-15(29)26-20(12-16-14-25-19-7-4-3-6-18(16)19)24(31)27-17-9-10-21(22(13-17)32-2)28-11-5-8-23(28)30/h3-4,6-7,9-10,13-14,20,25H,5,8,11-12H2,1-2H3,(H,26,29)(H,27,31)/t20-/m0/s1. The van der Waals surface area contributed by atoms with Gasteiger partial charge in [-0.2, -0.15) is 0 Å². The second-order valence-corrected chi connectivity index (χ2v) is 7.84. The van der Waals surface area contributed by atoms with Crippen LogP contribution in [0.5, 0.6) is 5.75 Å². The topological polar surface area (TPSA) is 104 Å². The van der Waals surface area contributed by atoms with E-state index >= 15 is 0 Å². The molecule has 1 aliphatic heterocycles. The Morgan fingerprint density at radius 2 is 2.03 bits per heavy atom. The summed E-state index contributed by atoms with van der Waals surface area (Å²) in [7, 11) is 1.53. The number of aromatic amines is 1. The van der Waals surface area contributed by atoms with Crippen molar-refractivity contribution in [3.63, 3.8) is 0 Å². The van der Waals surface area contributed by atoms with Gasteiger partial charge in [-0.25, -0.2) is 0 Å². The number of anilines is 2. The first-order valence-corrected chi connectivity index (χ1v) is 10.6. The van der Waals surface area contributed by atoms with Gasteiger partial charge >= 0.3 is 0 Å². The maximum Gasteiger partial charge on any atom is 0.247 e. The number of carbonyl (C=O) groups is 3. The van der Waals surface area contributed by atoms with E-state index in [1.165, 1.54) is 14.0 Å². The van der Waals surface area contributed by atoms with Crippen LogP contribution in [0, 0.1) is 0 Å². The molecule has 4 rings (SSSR count). The lowest BCUT2D eigenvalue weighted by Crippen LogP contribution is -2.44. The second kappa shape index (κ2) is 9.13. The molecule has 1 fully saturated rings. The number of nitrogens with one attached hydrogen (secondary N) is 3. The SMILES string of the molecule is COc1cc(NC(=O)[C@H](Cc2c[nH]c3ccccc23)NC(C)=O)ccc1N1CCCC1=O. The normalized spacial score (nSPS) is 14.4. The average molecular weight is 434 g/mol. The number of hydrogen-bond acceptors (Lipinski definition) is 4. The van der Waals surface area contributed by atoms with E-state index in [2.05, 4.69) is 15.6 Å². The van der Waals surface area contributed by atoms with E-state index in [-0.39, 0.29) is 17.7 Å². The molecular weight excluding hydrogens is 408 g/mol. The molecule has 1 aliphatic rings. The average Bonchev–Trinajstić information content (AvgIpc) is 3.39. The molecule has 0 saturated carbocycles. The van der Waals surface area contributed by atoms with Crippen LogP contribution in [-0.4, -0.2) is 42.4 Å². The van der Waals surface area contributed by atoms with E-state index in [1.54, 1.807) is 23.1 Å². The first kappa shape index (κ1) is 21.4. The number of fused-ring (bicyclic) bond motifs is 1. The van der Waals surface area contributed by atoms with Gasteiger partial charge in [0.05, 0.1) is 12.8 Å². The number of methoxy groups -OCH3 is 1. The largest absolute Gasteiger partial charge is 0.494 e. The van der Waals surface area contributed by atoms with Crippen molar-refractivity contribution in [2.24, 2.45) is 0 Å². The number of aromatic nitrogens is 1. The van der Waals surface area contributed by atoms with Gasteiger partial charge in [-0.15, -0.1) is 0 Å². The van der Waals surface area contributed by atoms with Gasteiger partial charge in [0, 0.05) is 55.2 Å². The van der Waals surface area contributed by atoms with E-state index in [0.717, 1.165) is 22.9 Å². The van der Waals surface area contributed by atoms with Gasteiger partial charge in [-0.1, -0.05) is 18.2 Å². The minimum Gasteiger partial charge on any atom is -0.494 e. The molecule has 0 aliphatic carbocycles. The van der Waals surface area contributed by atoms with Crippen LogP contribution in [0.1, 0.15) is 25.3 Å². The van der Waals surface area contributed by atoms with Crippen LogP contribution in [0.15, 0.2) is 48.7 Å². The van der Waals surface area contributed by atoms with Crippen LogP contribution < -0.4 is 20.3 Å². The number of hydrogen-bond donors (Lipinski definition) is 3. The van der Waals surface area contributed by atoms with Gasteiger partial charge < -0.3 is 25.3 Å². The van der Waals surface area contributed by atoms with Crippen molar-refractivity contribution >= 4 is 40.0 Å². The van der Waals surface area contributed by atoms with Crippen molar-refractivity contribution in [1.82, 2.24) is 10.3 Å². The van der Waals surface area contributed by atoms with E-state index in [1.807, 2.05) is 30.5 Å². The Balaban J connectivity index is 1.54. The first-order valence-electron chi connectivity index (χ1n) is 10.6. The summed E-state index contributed by atoms with van der Waals surface area (Å²) in [5, 5.41) is 6.62. The maximum atomic E-state index is 13.1. The number of H-pyrrole nitrogens is 1. The molecule has 0 bridgehead atoms. The summed E-state index contributed by atoms with van der Waals surface area (Å²) < 4.78 is 5.47. The van der Waals surface area contributed by atoms with Gasteiger partial charge in [0.15, 0.2) is 0 Å². The molecular formula is C24H26N4O4. The molecule has 166 valence electrons. The molecule has 3 amide bonds. The lowest BCUT2D eigenvalue weighted by molar-refractivity contribution is -0.125. The fourth-order valence-corrected chi connectivity index (χ4v) is 4.09. The smallest absolute Gasteiger partial charge is 0.247 e. The summed E-state index contributed by atoms with van der Waals surface area (Å²) in [5.41, 5.74) is 3.12. The van der Waals surface area contributed by atoms with Crippen molar-refractivity contribution in [2.75, 3.05) is 23.9 Å².